The van der Waals surface area contributed by atoms with Gasteiger partial charge in [-0.3, -0.25) is 0 Å². The van der Waals surface area contributed by atoms with Crippen molar-refractivity contribution in [1.29, 1.82) is 0 Å². The van der Waals surface area contributed by atoms with Gasteiger partial charge in [0.1, 0.15) is 11.1 Å². The van der Waals surface area contributed by atoms with E-state index in [0.717, 1.165) is 24.3 Å². The fraction of sp³-hybridized carbons (Fsp3) is 0.111. The van der Waals surface area contributed by atoms with Crippen molar-refractivity contribution in [2.24, 2.45) is 0 Å². The molecule has 0 saturated heterocycles. The molecule has 0 saturated carbocycles. The van der Waals surface area contributed by atoms with Gasteiger partial charge >= 0.3 is 0 Å². The van der Waals surface area contributed by atoms with Gasteiger partial charge in [0.15, 0.2) is 9.84 Å². The summed E-state index contributed by atoms with van der Waals surface area (Å²) in [5, 5.41) is 0.659. The van der Waals surface area contributed by atoms with Crippen molar-refractivity contribution in [3.8, 4) is 0 Å². The van der Waals surface area contributed by atoms with Gasteiger partial charge in [-0.15, -0.1) is 11.3 Å². The van der Waals surface area contributed by atoms with Crippen LogP contribution in [-0.4, -0.2) is 23.4 Å². The van der Waals surface area contributed by atoms with E-state index in [0.29, 0.717) is 4.88 Å². The van der Waals surface area contributed by atoms with Gasteiger partial charge < -0.3 is 0 Å². The largest absolute Gasteiger partial charge is 0.240 e. The van der Waals surface area contributed by atoms with E-state index in [9.17, 15) is 21.2 Å². The summed E-state index contributed by atoms with van der Waals surface area (Å²) in [5.41, 5.74) is 0. The van der Waals surface area contributed by atoms with Crippen LogP contribution < -0.4 is 4.72 Å². The standard InChI is InChI=1S/C18H16FNO4S3/c19-14-8-10-16(11-9-14)27(23,24)20-13-18(17-7-4-12-25-17)26(21,22)15-5-2-1-3-6-15/h1-12,18,20H,13H2/t18-/m0/s1. The predicted molar refractivity (Wildman–Crippen MR) is 102 cm³/mol. The molecule has 0 radical (unpaired) electrons. The van der Waals surface area contributed by atoms with E-state index in [-0.39, 0.29) is 16.3 Å². The number of benzene rings is 2. The van der Waals surface area contributed by atoms with Gasteiger partial charge in [0.25, 0.3) is 0 Å². The Morgan fingerprint density at radius 1 is 0.852 bits per heavy atom. The van der Waals surface area contributed by atoms with E-state index < -0.39 is 30.9 Å². The Balaban J connectivity index is 1.91. The SMILES string of the molecule is O=S(=O)(NC[C@@H](c1cccs1)S(=O)(=O)c1ccccc1)c1ccc(F)cc1. The van der Waals surface area contributed by atoms with Gasteiger partial charge in [0.2, 0.25) is 10.0 Å². The summed E-state index contributed by atoms with van der Waals surface area (Å²) in [6, 6.07) is 15.6. The Hall–Kier alpha value is -2.07. The Bertz CT molecular complexity index is 1100. The first-order valence-electron chi connectivity index (χ1n) is 7.88. The lowest BCUT2D eigenvalue weighted by Crippen LogP contribution is -2.31. The van der Waals surface area contributed by atoms with Crippen LogP contribution in [0.5, 0.6) is 0 Å². The number of halogens is 1. The molecule has 0 spiro atoms. The molecule has 1 heterocycles. The molecule has 5 nitrogen and oxygen atoms in total. The van der Waals surface area contributed by atoms with Gasteiger partial charge in [-0.25, -0.2) is 25.9 Å². The molecule has 0 aliphatic rings. The summed E-state index contributed by atoms with van der Waals surface area (Å²) >= 11 is 1.24. The highest BCUT2D eigenvalue weighted by Gasteiger charge is 2.31. The average Bonchev–Trinajstić information content (AvgIpc) is 3.17. The van der Waals surface area contributed by atoms with Crippen LogP contribution in [0, 0.1) is 5.82 Å². The smallest absolute Gasteiger partial charge is 0.223 e. The molecule has 1 N–H and O–H groups in total. The van der Waals surface area contributed by atoms with Crippen molar-refractivity contribution in [2.75, 3.05) is 6.54 Å². The quantitative estimate of drug-likeness (QED) is 0.629. The lowest BCUT2D eigenvalue weighted by atomic mass is 10.3. The molecule has 3 rings (SSSR count). The van der Waals surface area contributed by atoms with E-state index in [1.165, 1.54) is 23.5 Å². The number of hydrogen-bond acceptors (Lipinski definition) is 5. The van der Waals surface area contributed by atoms with E-state index >= 15 is 0 Å². The number of sulfonamides is 1. The van der Waals surface area contributed by atoms with Crippen molar-refractivity contribution >= 4 is 31.2 Å². The maximum absolute atomic E-state index is 13.1. The molecule has 27 heavy (non-hydrogen) atoms. The Labute approximate surface area is 161 Å². The monoisotopic (exact) mass is 425 g/mol. The number of thiophene rings is 1. The van der Waals surface area contributed by atoms with Crippen LogP contribution in [0.1, 0.15) is 10.1 Å². The van der Waals surface area contributed by atoms with Crippen LogP contribution in [0.3, 0.4) is 0 Å². The predicted octanol–water partition coefficient (Wildman–Crippen LogP) is 3.38. The maximum Gasteiger partial charge on any atom is 0.240 e. The molecular weight excluding hydrogens is 409 g/mol. The molecule has 0 aliphatic heterocycles. The molecule has 3 aromatic rings. The third-order valence-corrected chi connectivity index (χ3v) is 8.56. The number of sulfone groups is 1. The van der Waals surface area contributed by atoms with Crippen molar-refractivity contribution in [3.63, 3.8) is 0 Å². The minimum atomic E-state index is -3.98. The molecule has 9 heteroatoms. The van der Waals surface area contributed by atoms with Crippen molar-refractivity contribution < 1.29 is 21.2 Å². The van der Waals surface area contributed by atoms with Gasteiger partial charge in [-0.05, 0) is 47.8 Å². The van der Waals surface area contributed by atoms with E-state index in [2.05, 4.69) is 4.72 Å². The second kappa shape index (κ2) is 7.89. The summed E-state index contributed by atoms with van der Waals surface area (Å²) in [7, 11) is -7.79. The van der Waals surface area contributed by atoms with Gasteiger partial charge in [-0.1, -0.05) is 24.3 Å². The summed E-state index contributed by atoms with van der Waals surface area (Å²) < 4.78 is 66.4. The fourth-order valence-electron chi connectivity index (χ4n) is 2.49. The third kappa shape index (κ3) is 4.44. The van der Waals surface area contributed by atoms with Crippen molar-refractivity contribution in [1.82, 2.24) is 4.72 Å². The summed E-state index contributed by atoms with van der Waals surface area (Å²) in [5.74, 6) is -0.558. The second-order valence-electron chi connectivity index (χ2n) is 5.67. The Kier molecular flexibility index (Phi) is 5.75. The molecule has 0 bridgehead atoms. The maximum atomic E-state index is 13.1. The minimum Gasteiger partial charge on any atom is -0.223 e. The molecule has 0 fully saturated rings. The molecule has 0 unspecified atom stereocenters. The number of hydrogen-bond donors (Lipinski definition) is 1. The molecule has 0 amide bonds. The lowest BCUT2D eigenvalue weighted by Gasteiger charge is -2.17. The average molecular weight is 426 g/mol. The molecule has 1 aromatic heterocycles. The fourth-order valence-corrected chi connectivity index (χ4v) is 6.45. The van der Waals surface area contributed by atoms with Gasteiger partial charge in [-0.2, -0.15) is 0 Å². The van der Waals surface area contributed by atoms with Gasteiger partial charge in [0, 0.05) is 11.4 Å². The number of rotatable bonds is 7. The Morgan fingerprint density at radius 3 is 2.11 bits per heavy atom. The highest BCUT2D eigenvalue weighted by atomic mass is 32.2. The van der Waals surface area contributed by atoms with Crippen molar-refractivity contribution in [2.45, 2.75) is 15.0 Å². The van der Waals surface area contributed by atoms with Crippen LogP contribution in [0.15, 0.2) is 81.9 Å². The van der Waals surface area contributed by atoms with Gasteiger partial charge in [0.05, 0.1) is 9.79 Å². The summed E-state index contributed by atoms with van der Waals surface area (Å²) in [4.78, 5) is 0.510. The molecule has 0 aliphatic carbocycles. The molecular formula is C18H16FNO4S3. The van der Waals surface area contributed by atoms with E-state index in [1.807, 2.05) is 0 Å². The zero-order valence-corrected chi connectivity index (χ0v) is 16.4. The molecule has 142 valence electrons. The third-order valence-electron chi connectivity index (χ3n) is 3.89. The van der Waals surface area contributed by atoms with Crippen LogP contribution >= 0.6 is 11.3 Å². The normalized spacial score (nSPS) is 13.4. The zero-order chi connectivity index (χ0) is 19.5. The highest BCUT2D eigenvalue weighted by molar-refractivity contribution is 7.92. The van der Waals surface area contributed by atoms with Crippen LogP contribution in [0.4, 0.5) is 4.39 Å². The minimum absolute atomic E-state index is 0.115. The van der Waals surface area contributed by atoms with Crippen molar-refractivity contribution in [3.05, 3.63) is 82.8 Å². The molecule has 1 atom stereocenters. The second-order valence-corrected chi connectivity index (χ2v) is 10.5. The first kappa shape index (κ1) is 19.7. The first-order chi connectivity index (χ1) is 12.8. The van der Waals surface area contributed by atoms with E-state index in [1.54, 1.807) is 35.7 Å². The van der Waals surface area contributed by atoms with Crippen LogP contribution in [0.2, 0.25) is 0 Å². The van der Waals surface area contributed by atoms with E-state index in [4.69, 9.17) is 0 Å². The lowest BCUT2D eigenvalue weighted by molar-refractivity contribution is 0.569. The number of nitrogens with one attached hydrogen (secondary N) is 1. The summed E-state index contributed by atoms with van der Waals surface area (Å²) in [6.45, 7) is -0.336. The van der Waals surface area contributed by atoms with Crippen LogP contribution in [0.25, 0.3) is 0 Å². The van der Waals surface area contributed by atoms with Crippen LogP contribution in [-0.2, 0) is 19.9 Å². The summed E-state index contributed by atoms with van der Waals surface area (Å²) in [6.07, 6.45) is 0. The molecule has 2 aromatic carbocycles. The topological polar surface area (TPSA) is 80.3 Å². The first-order valence-corrected chi connectivity index (χ1v) is 11.8. The highest BCUT2D eigenvalue weighted by Crippen LogP contribution is 2.31. The Morgan fingerprint density at radius 2 is 1.52 bits per heavy atom. The zero-order valence-electron chi connectivity index (χ0n) is 13.9.